The summed E-state index contributed by atoms with van der Waals surface area (Å²) >= 11 is 6.04. The third-order valence-electron chi connectivity index (χ3n) is 3.57. The lowest BCUT2D eigenvalue weighted by molar-refractivity contribution is 0.0953. The fraction of sp³-hybridized carbons (Fsp3) is 0.118. The summed E-state index contributed by atoms with van der Waals surface area (Å²) in [6.07, 6.45) is -1.09. The van der Waals surface area contributed by atoms with Gasteiger partial charge in [-0.05, 0) is 12.1 Å². The van der Waals surface area contributed by atoms with E-state index in [9.17, 15) is 22.4 Å². The maximum Gasteiger partial charge on any atom is 0.278 e. The number of thioether (sulfide) groups is 1. The molecule has 0 aliphatic rings. The average Bonchev–Trinajstić information content (AvgIpc) is 2.95. The molecule has 2 aromatic carbocycles. The van der Waals surface area contributed by atoms with Gasteiger partial charge in [-0.3, -0.25) is 4.79 Å². The molecule has 2 nitrogen and oxygen atoms in total. The summed E-state index contributed by atoms with van der Waals surface area (Å²) in [6, 6.07) is 9.01. The second-order valence-corrected chi connectivity index (χ2v) is 6.66. The number of alkyl halides is 3. The van der Waals surface area contributed by atoms with Gasteiger partial charge in [0.2, 0.25) is 5.50 Å². The van der Waals surface area contributed by atoms with Gasteiger partial charge in [0.25, 0.3) is 6.43 Å². The van der Waals surface area contributed by atoms with Gasteiger partial charge in [-0.2, -0.15) is 0 Å². The molecular formula is C17H10ClF4NOS. The summed E-state index contributed by atoms with van der Waals surface area (Å²) in [5.41, 5.74) is -2.38. The van der Waals surface area contributed by atoms with Crippen LogP contribution in [0, 0.1) is 5.82 Å². The maximum atomic E-state index is 14.4. The topological polar surface area (TPSA) is 22.0 Å². The minimum absolute atomic E-state index is 0.0412. The molecule has 130 valence electrons. The predicted molar refractivity (Wildman–Crippen MR) is 90.4 cm³/mol. The van der Waals surface area contributed by atoms with Crippen molar-refractivity contribution in [2.24, 2.45) is 0 Å². The fourth-order valence-electron chi connectivity index (χ4n) is 2.47. The Morgan fingerprint density at radius 3 is 2.56 bits per heavy atom. The molecule has 0 N–H and O–H groups in total. The molecule has 0 aliphatic carbocycles. The van der Waals surface area contributed by atoms with Crippen LogP contribution in [0.25, 0.3) is 16.5 Å². The van der Waals surface area contributed by atoms with E-state index in [0.29, 0.717) is 17.1 Å². The van der Waals surface area contributed by atoms with Gasteiger partial charge in [-0.15, -0.1) is 0 Å². The van der Waals surface area contributed by atoms with Gasteiger partial charge in [-0.1, -0.05) is 47.6 Å². The van der Waals surface area contributed by atoms with E-state index < -0.39 is 17.7 Å². The number of benzene rings is 2. The molecule has 3 aromatic rings. The number of hydrogen-bond acceptors (Lipinski definition) is 2. The van der Waals surface area contributed by atoms with E-state index in [1.54, 1.807) is 30.5 Å². The maximum absolute atomic E-state index is 14.4. The Hall–Kier alpha value is -1.99. The Labute approximate surface area is 149 Å². The molecule has 1 aromatic heterocycles. The highest BCUT2D eigenvalue weighted by atomic mass is 35.5. The number of rotatable bonds is 5. The molecule has 0 radical (unpaired) electrons. The number of aromatic nitrogens is 1. The monoisotopic (exact) mass is 387 g/mol. The van der Waals surface area contributed by atoms with Crippen LogP contribution in [-0.2, 0) is 0 Å². The van der Waals surface area contributed by atoms with E-state index in [-0.39, 0.29) is 33.1 Å². The van der Waals surface area contributed by atoms with Gasteiger partial charge in [0, 0.05) is 21.9 Å². The highest BCUT2D eigenvalue weighted by Gasteiger charge is 2.23. The van der Waals surface area contributed by atoms with Crippen LogP contribution in [0.3, 0.4) is 0 Å². The van der Waals surface area contributed by atoms with Crippen LogP contribution in [0.1, 0.15) is 10.5 Å². The normalized spacial score (nSPS) is 12.7. The van der Waals surface area contributed by atoms with Gasteiger partial charge in [0.15, 0.2) is 6.29 Å². The molecule has 25 heavy (non-hydrogen) atoms. The average molecular weight is 388 g/mol. The molecule has 0 saturated carbocycles. The molecule has 8 heteroatoms. The SMILES string of the molecule is O=Cc1c2ccccc2cn1-c1cc(SC(F)C(F)F)c(Cl)cc1F. The Morgan fingerprint density at radius 1 is 1.16 bits per heavy atom. The van der Waals surface area contributed by atoms with Crippen LogP contribution in [0.4, 0.5) is 17.6 Å². The lowest BCUT2D eigenvalue weighted by atomic mass is 10.2. The van der Waals surface area contributed by atoms with E-state index in [0.717, 1.165) is 12.1 Å². The lowest BCUT2D eigenvalue weighted by Crippen LogP contribution is -2.07. The Bertz CT molecular complexity index is 944. The van der Waals surface area contributed by atoms with Crippen LogP contribution in [0.15, 0.2) is 47.5 Å². The van der Waals surface area contributed by atoms with E-state index in [1.165, 1.54) is 4.57 Å². The zero-order chi connectivity index (χ0) is 18.1. The largest absolute Gasteiger partial charge is 0.310 e. The quantitative estimate of drug-likeness (QED) is 0.309. The first-order valence-electron chi connectivity index (χ1n) is 7.06. The number of nitrogens with zero attached hydrogens (tertiary/aromatic N) is 1. The number of halogens is 5. The number of aldehydes is 1. The Morgan fingerprint density at radius 2 is 1.88 bits per heavy atom. The molecule has 0 saturated heterocycles. The van der Waals surface area contributed by atoms with Crippen LogP contribution >= 0.6 is 23.4 Å². The van der Waals surface area contributed by atoms with Gasteiger partial charge in [-0.25, -0.2) is 17.6 Å². The molecule has 1 unspecified atom stereocenters. The summed E-state index contributed by atoms with van der Waals surface area (Å²) in [5, 5.41) is 1.13. The standard InChI is InChI=1S/C17H10ClF4NOS/c18-11-5-12(19)13(6-15(11)25-17(22)16(20)21)23-7-9-3-1-2-4-10(9)14(23)8-24/h1-8,16-17H. The van der Waals surface area contributed by atoms with Crippen molar-refractivity contribution in [3.8, 4) is 5.69 Å². The fourth-order valence-corrected chi connectivity index (χ4v) is 3.45. The molecule has 0 fully saturated rings. The van der Waals surface area contributed by atoms with Gasteiger partial charge in [0.05, 0.1) is 16.4 Å². The van der Waals surface area contributed by atoms with Crippen LogP contribution in [0.2, 0.25) is 5.02 Å². The summed E-state index contributed by atoms with van der Waals surface area (Å²) in [7, 11) is 0. The predicted octanol–water partition coefficient (Wildman–Crippen LogP) is 5.89. The summed E-state index contributed by atoms with van der Waals surface area (Å²) in [6.45, 7) is 0. The zero-order valence-electron chi connectivity index (χ0n) is 12.4. The number of fused-ring (bicyclic) bond motifs is 1. The van der Waals surface area contributed by atoms with Crippen molar-refractivity contribution in [3.05, 3.63) is 59.1 Å². The highest BCUT2D eigenvalue weighted by Crippen LogP contribution is 2.37. The van der Waals surface area contributed by atoms with Gasteiger partial charge >= 0.3 is 0 Å². The Balaban J connectivity index is 2.16. The van der Waals surface area contributed by atoms with Crippen molar-refractivity contribution >= 4 is 40.4 Å². The number of hydrogen-bond donors (Lipinski definition) is 0. The van der Waals surface area contributed by atoms with Crippen LogP contribution in [-0.4, -0.2) is 22.8 Å². The number of carbonyl (C=O) groups is 1. The molecule has 0 bridgehead atoms. The lowest BCUT2D eigenvalue weighted by Gasteiger charge is -2.13. The first-order valence-corrected chi connectivity index (χ1v) is 8.31. The molecule has 1 heterocycles. The van der Waals surface area contributed by atoms with Crippen molar-refractivity contribution in [1.29, 1.82) is 0 Å². The van der Waals surface area contributed by atoms with Crippen molar-refractivity contribution in [2.75, 3.05) is 0 Å². The zero-order valence-corrected chi connectivity index (χ0v) is 14.0. The van der Waals surface area contributed by atoms with E-state index in [1.807, 2.05) is 0 Å². The van der Waals surface area contributed by atoms with Crippen molar-refractivity contribution in [3.63, 3.8) is 0 Å². The second kappa shape index (κ2) is 7.09. The second-order valence-electron chi connectivity index (χ2n) is 5.13. The summed E-state index contributed by atoms with van der Waals surface area (Å²) in [5.74, 6) is -0.759. The first kappa shape index (κ1) is 17.8. The Kier molecular flexibility index (Phi) is 5.06. The van der Waals surface area contributed by atoms with Crippen molar-refractivity contribution < 1.29 is 22.4 Å². The molecule has 0 aliphatic heterocycles. The summed E-state index contributed by atoms with van der Waals surface area (Å²) < 4.78 is 53.9. The van der Waals surface area contributed by atoms with Crippen LogP contribution in [0.5, 0.6) is 0 Å². The van der Waals surface area contributed by atoms with Gasteiger partial charge < -0.3 is 4.57 Å². The molecule has 1 atom stereocenters. The van der Waals surface area contributed by atoms with E-state index >= 15 is 0 Å². The minimum atomic E-state index is -3.20. The van der Waals surface area contributed by atoms with Crippen LogP contribution < -0.4 is 0 Å². The van der Waals surface area contributed by atoms with Gasteiger partial charge in [0.1, 0.15) is 5.82 Å². The summed E-state index contributed by atoms with van der Waals surface area (Å²) in [4.78, 5) is 11.4. The van der Waals surface area contributed by atoms with E-state index in [2.05, 4.69) is 0 Å². The van der Waals surface area contributed by atoms with E-state index in [4.69, 9.17) is 11.6 Å². The minimum Gasteiger partial charge on any atom is -0.310 e. The first-order chi connectivity index (χ1) is 11.9. The molecule has 3 rings (SSSR count). The van der Waals surface area contributed by atoms with Crippen molar-refractivity contribution in [1.82, 2.24) is 4.57 Å². The van der Waals surface area contributed by atoms with Crippen molar-refractivity contribution in [2.45, 2.75) is 16.8 Å². The third-order valence-corrected chi connectivity index (χ3v) is 5.02. The smallest absolute Gasteiger partial charge is 0.278 e. The molecule has 0 amide bonds. The highest BCUT2D eigenvalue weighted by molar-refractivity contribution is 8.00. The molecule has 0 spiro atoms. The third kappa shape index (κ3) is 3.39. The number of carbonyl (C=O) groups excluding carboxylic acids is 1. The molecular weight excluding hydrogens is 378 g/mol.